The summed E-state index contributed by atoms with van der Waals surface area (Å²) in [5.41, 5.74) is 3.56. The van der Waals surface area contributed by atoms with Gasteiger partial charge >= 0.3 is 6.09 Å². The van der Waals surface area contributed by atoms with Gasteiger partial charge in [-0.15, -0.1) is 0 Å². The van der Waals surface area contributed by atoms with Gasteiger partial charge in [0.2, 0.25) is 0 Å². The maximum Gasteiger partial charge on any atom is 0.414 e. The van der Waals surface area contributed by atoms with Gasteiger partial charge in [0.1, 0.15) is 6.61 Å². The molecule has 0 saturated carbocycles. The molecule has 2 aromatic rings. The molecule has 0 spiro atoms. The monoisotopic (exact) mass is 297 g/mol. The van der Waals surface area contributed by atoms with Crippen molar-refractivity contribution in [2.75, 3.05) is 11.4 Å². The molecule has 0 saturated heterocycles. The summed E-state index contributed by atoms with van der Waals surface area (Å²) in [6.07, 6.45) is -0.370. The van der Waals surface area contributed by atoms with Crippen molar-refractivity contribution >= 4 is 11.8 Å². The molecule has 1 N–H and O–H groups in total. The van der Waals surface area contributed by atoms with Gasteiger partial charge in [0, 0.05) is 12.1 Å². The average Bonchev–Trinajstić information content (AvgIpc) is 2.54. The lowest BCUT2D eigenvalue weighted by Gasteiger charge is -2.31. The number of hydrogen-bond acceptors (Lipinski definition) is 3. The third kappa shape index (κ3) is 2.97. The number of amides is 1. The van der Waals surface area contributed by atoms with E-state index in [1.54, 1.807) is 4.90 Å². The highest BCUT2D eigenvalue weighted by molar-refractivity contribution is 5.89. The topological polar surface area (TPSA) is 49.8 Å². The van der Waals surface area contributed by atoms with Gasteiger partial charge in [0.05, 0.1) is 11.8 Å². The highest BCUT2D eigenvalue weighted by Crippen LogP contribution is 2.34. The number of ether oxygens (including phenoxy) is 1. The number of aliphatic hydroxyl groups is 1. The largest absolute Gasteiger partial charge is 0.444 e. The maximum absolute atomic E-state index is 12.3. The van der Waals surface area contributed by atoms with Gasteiger partial charge in [0.25, 0.3) is 0 Å². The van der Waals surface area contributed by atoms with Gasteiger partial charge in [-0.3, -0.25) is 4.90 Å². The van der Waals surface area contributed by atoms with Crippen LogP contribution in [0.3, 0.4) is 0 Å². The Kier molecular flexibility index (Phi) is 4.11. The molecule has 0 bridgehead atoms. The van der Waals surface area contributed by atoms with Crippen molar-refractivity contribution in [3.63, 3.8) is 0 Å². The highest BCUT2D eigenvalue weighted by Gasteiger charge is 2.28. The first-order chi connectivity index (χ1) is 10.6. The molecule has 4 heteroatoms. The van der Waals surface area contributed by atoms with E-state index in [9.17, 15) is 9.90 Å². The van der Waals surface area contributed by atoms with E-state index in [1.807, 2.05) is 55.5 Å². The molecule has 1 unspecified atom stereocenters. The molecule has 0 aliphatic carbocycles. The Balaban J connectivity index is 1.75. The fourth-order valence-corrected chi connectivity index (χ4v) is 2.70. The fraction of sp³-hybridized carbons (Fsp3) is 0.278. The number of anilines is 1. The first-order valence-electron chi connectivity index (χ1n) is 7.42. The molecule has 22 heavy (non-hydrogen) atoms. The van der Waals surface area contributed by atoms with Gasteiger partial charge < -0.3 is 9.84 Å². The van der Waals surface area contributed by atoms with Crippen molar-refractivity contribution in [3.05, 3.63) is 65.2 Å². The molecule has 0 fully saturated rings. The third-order valence-corrected chi connectivity index (χ3v) is 3.88. The van der Waals surface area contributed by atoms with Crippen molar-refractivity contribution in [1.29, 1.82) is 0 Å². The molecular weight excluding hydrogens is 278 g/mol. The molecule has 0 radical (unpaired) electrons. The van der Waals surface area contributed by atoms with E-state index < -0.39 is 6.10 Å². The molecule has 0 aromatic heterocycles. The van der Waals surface area contributed by atoms with Gasteiger partial charge in [-0.05, 0) is 25.0 Å². The molecule has 1 atom stereocenters. The van der Waals surface area contributed by atoms with Crippen LogP contribution in [0.1, 0.15) is 29.2 Å². The molecule has 114 valence electrons. The van der Waals surface area contributed by atoms with Crippen LogP contribution in [0.4, 0.5) is 10.5 Å². The van der Waals surface area contributed by atoms with Crippen LogP contribution in [0, 0.1) is 6.92 Å². The smallest absolute Gasteiger partial charge is 0.414 e. The zero-order valence-electron chi connectivity index (χ0n) is 12.5. The predicted molar refractivity (Wildman–Crippen MR) is 84.7 cm³/mol. The lowest BCUT2D eigenvalue weighted by Crippen LogP contribution is -2.37. The maximum atomic E-state index is 12.3. The molecule has 1 amide bonds. The Morgan fingerprint density at radius 3 is 2.82 bits per heavy atom. The van der Waals surface area contributed by atoms with E-state index in [1.165, 1.54) is 0 Å². The molecule has 1 aliphatic rings. The second-order valence-corrected chi connectivity index (χ2v) is 5.56. The molecule has 2 aromatic carbocycles. The summed E-state index contributed by atoms with van der Waals surface area (Å²) in [6.45, 7) is 2.68. The van der Waals surface area contributed by atoms with Crippen LogP contribution in [-0.2, 0) is 11.3 Å². The third-order valence-electron chi connectivity index (χ3n) is 3.88. The van der Waals surface area contributed by atoms with Crippen LogP contribution >= 0.6 is 0 Å². The van der Waals surface area contributed by atoms with E-state index in [4.69, 9.17) is 4.74 Å². The Morgan fingerprint density at radius 2 is 2.05 bits per heavy atom. The summed E-state index contributed by atoms with van der Waals surface area (Å²) in [4.78, 5) is 13.9. The minimum atomic E-state index is -0.520. The van der Waals surface area contributed by atoms with Crippen molar-refractivity contribution in [2.45, 2.75) is 26.1 Å². The summed E-state index contributed by atoms with van der Waals surface area (Å²) >= 11 is 0. The molecule has 3 rings (SSSR count). The summed E-state index contributed by atoms with van der Waals surface area (Å²) in [5.74, 6) is 0. The fourth-order valence-electron chi connectivity index (χ4n) is 2.70. The van der Waals surface area contributed by atoms with Crippen LogP contribution in [0.2, 0.25) is 0 Å². The minimum Gasteiger partial charge on any atom is -0.444 e. The SMILES string of the molecule is Cc1ccc2c(c1)C(O)CCN2C(=O)OCc1ccccc1. The number of rotatable bonds is 2. The number of benzene rings is 2. The molecule has 1 aliphatic heterocycles. The summed E-state index contributed by atoms with van der Waals surface area (Å²) in [7, 11) is 0. The summed E-state index contributed by atoms with van der Waals surface area (Å²) in [6, 6.07) is 15.3. The van der Waals surface area contributed by atoms with E-state index in [-0.39, 0.29) is 12.7 Å². The Labute approximate surface area is 130 Å². The second kappa shape index (κ2) is 6.20. The highest BCUT2D eigenvalue weighted by atomic mass is 16.6. The quantitative estimate of drug-likeness (QED) is 0.922. The van der Waals surface area contributed by atoms with Crippen molar-refractivity contribution in [3.8, 4) is 0 Å². The van der Waals surface area contributed by atoms with Gasteiger partial charge in [-0.2, -0.15) is 0 Å². The van der Waals surface area contributed by atoms with Crippen LogP contribution in [0.25, 0.3) is 0 Å². The predicted octanol–water partition coefficient (Wildman–Crippen LogP) is 3.58. The minimum absolute atomic E-state index is 0.250. The molecule has 4 nitrogen and oxygen atoms in total. The zero-order chi connectivity index (χ0) is 15.5. The first kappa shape index (κ1) is 14.6. The van der Waals surface area contributed by atoms with Gasteiger partial charge in [0.15, 0.2) is 0 Å². The molecule has 1 heterocycles. The average molecular weight is 297 g/mol. The number of aliphatic hydroxyl groups excluding tert-OH is 1. The summed E-state index contributed by atoms with van der Waals surface area (Å²) in [5, 5.41) is 10.1. The van der Waals surface area contributed by atoms with Crippen molar-refractivity contribution < 1.29 is 14.6 Å². The molecular formula is C18H19NO3. The number of nitrogens with zero attached hydrogens (tertiary/aromatic N) is 1. The number of aryl methyl sites for hydroxylation is 1. The van der Waals surface area contributed by atoms with Crippen LogP contribution in [0.15, 0.2) is 48.5 Å². The Morgan fingerprint density at radius 1 is 1.27 bits per heavy atom. The standard InChI is InChI=1S/C18H19NO3/c1-13-7-8-16-15(11-13)17(20)9-10-19(16)18(21)22-12-14-5-3-2-4-6-14/h2-8,11,17,20H,9-10,12H2,1H3. The number of fused-ring (bicyclic) bond motifs is 1. The zero-order valence-corrected chi connectivity index (χ0v) is 12.5. The normalized spacial score (nSPS) is 17.0. The number of hydrogen-bond donors (Lipinski definition) is 1. The van der Waals surface area contributed by atoms with Crippen molar-refractivity contribution in [1.82, 2.24) is 0 Å². The van der Waals surface area contributed by atoms with Gasteiger partial charge in [-0.1, -0.05) is 48.0 Å². The number of carbonyl (C=O) groups excluding carboxylic acids is 1. The summed E-state index contributed by atoms with van der Waals surface area (Å²) < 4.78 is 5.40. The Bertz CT molecular complexity index is 669. The Hall–Kier alpha value is -2.33. The lowest BCUT2D eigenvalue weighted by molar-refractivity contribution is 0.137. The van der Waals surface area contributed by atoms with E-state index in [2.05, 4.69) is 0 Å². The van der Waals surface area contributed by atoms with Crippen LogP contribution < -0.4 is 4.90 Å². The first-order valence-corrected chi connectivity index (χ1v) is 7.42. The lowest BCUT2D eigenvalue weighted by atomic mass is 9.97. The van der Waals surface area contributed by atoms with E-state index in [0.717, 1.165) is 22.4 Å². The van der Waals surface area contributed by atoms with E-state index >= 15 is 0 Å². The number of carbonyl (C=O) groups is 1. The van der Waals surface area contributed by atoms with E-state index in [0.29, 0.717) is 13.0 Å². The van der Waals surface area contributed by atoms with Crippen LogP contribution in [-0.4, -0.2) is 17.7 Å². The van der Waals surface area contributed by atoms with Crippen LogP contribution in [0.5, 0.6) is 0 Å². The van der Waals surface area contributed by atoms with Crippen molar-refractivity contribution in [2.24, 2.45) is 0 Å². The second-order valence-electron chi connectivity index (χ2n) is 5.56. The van der Waals surface area contributed by atoms with Gasteiger partial charge in [-0.25, -0.2) is 4.79 Å².